The molecule has 1 aliphatic rings. The topological polar surface area (TPSA) is 63.1 Å². The summed E-state index contributed by atoms with van der Waals surface area (Å²) in [7, 11) is 0. The van der Waals surface area contributed by atoms with E-state index < -0.39 is 0 Å². The maximum absolute atomic E-state index is 12.7. The number of nitrogens with zero attached hydrogens (tertiary/aromatic N) is 4. The van der Waals surface area contributed by atoms with Crippen LogP contribution in [0.4, 0.5) is 5.69 Å². The number of para-hydroxylation sites is 1. The van der Waals surface area contributed by atoms with Gasteiger partial charge in [0.25, 0.3) is 0 Å². The SMILES string of the molecule is Cc1cccc(C)c1NC(=O)CSc1nnc(CN2CCCCC2)n1Cc1ccccc1. The Bertz CT molecular complexity index is 1020. The molecule has 0 saturated carbocycles. The number of piperidine rings is 1. The number of hydrogen-bond acceptors (Lipinski definition) is 5. The van der Waals surface area contributed by atoms with E-state index >= 15 is 0 Å². The molecule has 4 rings (SSSR count). The zero-order valence-electron chi connectivity index (χ0n) is 18.9. The van der Waals surface area contributed by atoms with Crippen LogP contribution in [0.25, 0.3) is 0 Å². The van der Waals surface area contributed by atoms with E-state index in [4.69, 9.17) is 0 Å². The van der Waals surface area contributed by atoms with Gasteiger partial charge in [-0.3, -0.25) is 9.69 Å². The predicted molar refractivity (Wildman–Crippen MR) is 130 cm³/mol. The highest BCUT2D eigenvalue weighted by Crippen LogP contribution is 2.23. The standard InChI is InChI=1S/C25H31N5OS/c1-19-10-9-11-20(2)24(19)26-23(31)18-32-25-28-27-22(17-29-14-7-4-8-15-29)30(25)16-21-12-5-3-6-13-21/h3,5-6,9-13H,4,7-8,14-18H2,1-2H3,(H,26,31). The summed E-state index contributed by atoms with van der Waals surface area (Å²) in [5.41, 5.74) is 4.24. The first-order valence-corrected chi connectivity index (χ1v) is 12.3. The molecule has 1 N–H and O–H groups in total. The van der Waals surface area contributed by atoms with E-state index in [9.17, 15) is 4.79 Å². The van der Waals surface area contributed by atoms with Crippen molar-refractivity contribution in [2.24, 2.45) is 0 Å². The van der Waals surface area contributed by atoms with Crippen molar-refractivity contribution in [3.8, 4) is 0 Å². The van der Waals surface area contributed by atoms with E-state index in [2.05, 4.69) is 49.2 Å². The second-order valence-electron chi connectivity index (χ2n) is 8.41. The van der Waals surface area contributed by atoms with Gasteiger partial charge in [0.1, 0.15) is 5.82 Å². The molecular formula is C25H31N5OS. The molecular weight excluding hydrogens is 418 g/mol. The third-order valence-electron chi connectivity index (χ3n) is 5.87. The second kappa shape index (κ2) is 10.8. The van der Waals surface area contributed by atoms with Crippen LogP contribution < -0.4 is 5.32 Å². The molecule has 2 aromatic carbocycles. The average Bonchev–Trinajstić information content (AvgIpc) is 3.17. The van der Waals surface area contributed by atoms with Crippen LogP contribution in [0, 0.1) is 13.8 Å². The van der Waals surface area contributed by atoms with Crippen LogP contribution in [-0.2, 0) is 17.9 Å². The van der Waals surface area contributed by atoms with Crippen LogP contribution >= 0.6 is 11.8 Å². The zero-order chi connectivity index (χ0) is 22.3. The van der Waals surface area contributed by atoms with E-state index in [1.807, 2.05) is 38.1 Å². The van der Waals surface area contributed by atoms with Crippen molar-refractivity contribution >= 4 is 23.4 Å². The van der Waals surface area contributed by atoms with Gasteiger partial charge in [0.15, 0.2) is 5.16 Å². The molecule has 0 bridgehead atoms. The van der Waals surface area contributed by atoms with Gasteiger partial charge in [-0.25, -0.2) is 0 Å². The van der Waals surface area contributed by atoms with E-state index in [0.29, 0.717) is 12.3 Å². The summed E-state index contributed by atoms with van der Waals surface area (Å²) >= 11 is 1.45. The van der Waals surface area contributed by atoms with Gasteiger partial charge in [-0.15, -0.1) is 10.2 Å². The van der Waals surface area contributed by atoms with Crippen LogP contribution in [0.5, 0.6) is 0 Å². The minimum atomic E-state index is -0.0285. The average molecular weight is 450 g/mol. The number of hydrogen-bond donors (Lipinski definition) is 1. The first kappa shape index (κ1) is 22.6. The Labute approximate surface area is 194 Å². The highest BCUT2D eigenvalue weighted by molar-refractivity contribution is 7.99. The minimum Gasteiger partial charge on any atom is -0.325 e. The number of anilines is 1. The minimum absolute atomic E-state index is 0.0285. The lowest BCUT2D eigenvalue weighted by atomic mass is 10.1. The number of amides is 1. The van der Waals surface area contributed by atoms with Gasteiger partial charge in [-0.05, 0) is 56.5 Å². The zero-order valence-corrected chi connectivity index (χ0v) is 19.7. The Morgan fingerprint density at radius 2 is 1.66 bits per heavy atom. The summed E-state index contributed by atoms with van der Waals surface area (Å²) in [6, 6.07) is 16.4. The largest absolute Gasteiger partial charge is 0.325 e. The van der Waals surface area contributed by atoms with Gasteiger partial charge < -0.3 is 9.88 Å². The molecule has 2 heterocycles. The fraction of sp³-hybridized carbons (Fsp3) is 0.400. The summed E-state index contributed by atoms with van der Waals surface area (Å²) in [5.74, 6) is 1.23. The van der Waals surface area contributed by atoms with Gasteiger partial charge in [0, 0.05) is 5.69 Å². The molecule has 0 aliphatic carbocycles. The van der Waals surface area contributed by atoms with Crippen molar-refractivity contribution in [1.82, 2.24) is 19.7 Å². The van der Waals surface area contributed by atoms with Gasteiger partial charge >= 0.3 is 0 Å². The second-order valence-corrected chi connectivity index (χ2v) is 9.35. The Morgan fingerprint density at radius 1 is 0.938 bits per heavy atom. The molecule has 0 radical (unpaired) electrons. The lowest BCUT2D eigenvalue weighted by molar-refractivity contribution is -0.113. The van der Waals surface area contributed by atoms with Crippen LogP contribution in [0.15, 0.2) is 53.7 Å². The Balaban J connectivity index is 1.47. The van der Waals surface area contributed by atoms with Gasteiger partial charge in [0.2, 0.25) is 5.91 Å². The van der Waals surface area contributed by atoms with Crippen molar-refractivity contribution in [3.63, 3.8) is 0 Å². The highest BCUT2D eigenvalue weighted by atomic mass is 32.2. The molecule has 6 nitrogen and oxygen atoms in total. The quantitative estimate of drug-likeness (QED) is 0.507. The van der Waals surface area contributed by atoms with Crippen LogP contribution in [-0.4, -0.2) is 44.4 Å². The Kier molecular flexibility index (Phi) is 7.60. The van der Waals surface area contributed by atoms with E-state index in [1.165, 1.54) is 36.6 Å². The predicted octanol–water partition coefficient (Wildman–Crippen LogP) is 4.66. The summed E-state index contributed by atoms with van der Waals surface area (Å²) in [6.45, 7) is 7.75. The molecule has 3 aromatic rings. The van der Waals surface area contributed by atoms with Gasteiger partial charge in [-0.1, -0.05) is 66.7 Å². The fourth-order valence-corrected chi connectivity index (χ4v) is 4.86. The number of likely N-dealkylation sites (tertiary alicyclic amines) is 1. The molecule has 1 aliphatic heterocycles. The molecule has 0 atom stereocenters. The fourth-order valence-electron chi connectivity index (χ4n) is 4.10. The summed E-state index contributed by atoms with van der Waals surface area (Å²) < 4.78 is 2.17. The maximum atomic E-state index is 12.7. The Hall–Kier alpha value is -2.64. The number of carbonyl (C=O) groups excluding carboxylic acids is 1. The third-order valence-corrected chi connectivity index (χ3v) is 6.84. The van der Waals surface area contributed by atoms with E-state index in [1.54, 1.807) is 0 Å². The lowest BCUT2D eigenvalue weighted by Gasteiger charge is -2.26. The third kappa shape index (κ3) is 5.78. The molecule has 0 spiro atoms. The van der Waals surface area contributed by atoms with Crippen molar-refractivity contribution in [1.29, 1.82) is 0 Å². The number of thioether (sulfide) groups is 1. The number of carbonyl (C=O) groups is 1. The molecule has 0 unspecified atom stereocenters. The van der Waals surface area contributed by atoms with E-state index in [0.717, 1.165) is 47.4 Å². The number of aryl methyl sites for hydroxylation is 2. The van der Waals surface area contributed by atoms with Gasteiger partial charge in [0.05, 0.1) is 18.8 Å². The summed E-state index contributed by atoms with van der Waals surface area (Å²) in [6.07, 6.45) is 3.80. The van der Waals surface area contributed by atoms with Crippen molar-refractivity contribution in [2.45, 2.75) is 51.4 Å². The smallest absolute Gasteiger partial charge is 0.234 e. The molecule has 1 saturated heterocycles. The van der Waals surface area contributed by atoms with Crippen molar-refractivity contribution < 1.29 is 4.79 Å². The first-order chi connectivity index (χ1) is 15.6. The number of benzene rings is 2. The maximum Gasteiger partial charge on any atom is 0.234 e. The lowest BCUT2D eigenvalue weighted by Crippen LogP contribution is -2.30. The molecule has 1 fully saturated rings. The highest BCUT2D eigenvalue weighted by Gasteiger charge is 2.19. The normalized spacial score (nSPS) is 14.4. The van der Waals surface area contributed by atoms with Crippen LogP contribution in [0.1, 0.15) is 41.8 Å². The molecule has 168 valence electrons. The van der Waals surface area contributed by atoms with Crippen LogP contribution in [0.3, 0.4) is 0 Å². The Morgan fingerprint density at radius 3 is 2.38 bits per heavy atom. The van der Waals surface area contributed by atoms with Gasteiger partial charge in [-0.2, -0.15) is 0 Å². The van der Waals surface area contributed by atoms with Crippen molar-refractivity contribution in [2.75, 3.05) is 24.2 Å². The summed E-state index contributed by atoms with van der Waals surface area (Å²) in [4.78, 5) is 15.1. The first-order valence-electron chi connectivity index (χ1n) is 11.3. The number of nitrogens with one attached hydrogen (secondary N) is 1. The van der Waals surface area contributed by atoms with Crippen LogP contribution in [0.2, 0.25) is 0 Å². The molecule has 1 amide bonds. The summed E-state index contributed by atoms with van der Waals surface area (Å²) in [5, 5.41) is 12.8. The molecule has 32 heavy (non-hydrogen) atoms. The number of rotatable bonds is 8. The van der Waals surface area contributed by atoms with E-state index in [-0.39, 0.29) is 5.91 Å². The van der Waals surface area contributed by atoms with Crippen molar-refractivity contribution in [3.05, 3.63) is 71.0 Å². The molecule has 1 aromatic heterocycles. The monoisotopic (exact) mass is 449 g/mol. The molecule has 7 heteroatoms. The number of aromatic nitrogens is 3.